The molecule has 40 heavy (non-hydrogen) atoms. The van der Waals surface area contributed by atoms with Gasteiger partial charge in [0.2, 0.25) is 0 Å². The predicted molar refractivity (Wildman–Crippen MR) is 142 cm³/mol. The topological polar surface area (TPSA) is 60.4 Å². The monoisotopic (exact) mass is 558 g/mol. The Morgan fingerprint density at radius 3 is 2.55 bits per heavy atom. The van der Waals surface area contributed by atoms with Gasteiger partial charge in [0.15, 0.2) is 0 Å². The average Bonchev–Trinajstić information content (AvgIpc) is 3.47. The fourth-order valence-electron chi connectivity index (χ4n) is 5.78. The third-order valence-electron chi connectivity index (χ3n) is 8.32. The highest BCUT2D eigenvalue weighted by molar-refractivity contribution is 5.58. The van der Waals surface area contributed by atoms with Gasteiger partial charge in [-0.2, -0.15) is 13.2 Å². The lowest BCUT2D eigenvalue weighted by atomic mass is 9.72. The zero-order valence-corrected chi connectivity index (χ0v) is 22.3. The van der Waals surface area contributed by atoms with Crippen molar-refractivity contribution in [1.82, 2.24) is 28.6 Å². The van der Waals surface area contributed by atoms with Gasteiger partial charge in [-0.05, 0) is 67.9 Å². The molecule has 2 fully saturated rings. The number of imidazole rings is 1. The number of hydrogen-bond donors (Lipinski definition) is 0. The lowest BCUT2D eigenvalue weighted by Crippen LogP contribution is -2.39. The molecule has 0 amide bonds. The van der Waals surface area contributed by atoms with Gasteiger partial charge in [-0.1, -0.05) is 18.6 Å². The smallest absolute Gasteiger partial charge is 0.320 e. The molecule has 1 aromatic carbocycles. The van der Waals surface area contributed by atoms with E-state index in [1.54, 1.807) is 24.5 Å². The molecule has 0 bridgehead atoms. The number of fused-ring (bicyclic) bond motifs is 1. The second-order valence-electron chi connectivity index (χ2n) is 11.3. The number of alkyl halides is 4. The molecular formula is C29H32F4N6O. The highest BCUT2D eigenvalue weighted by Crippen LogP contribution is 2.43. The molecule has 3 aromatic heterocycles. The van der Waals surface area contributed by atoms with Crippen LogP contribution in [0.15, 0.2) is 53.8 Å². The van der Waals surface area contributed by atoms with Crippen molar-refractivity contribution in [2.75, 3.05) is 13.1 Å². The summed E-state index contributed by atoms with van der Waals surface area (Å²) in [6, 6.07) is 7.92. The standard InChI is InChI=1S/C29H32F4N6O/c1-28(30)9-11-37(12-10-28)15-19-13-23(29(31,32)33)24-17-38(27(40)39(24)16-19)22-8-4-7-21(14-22)25(20-5-3-6-20)26-35-34-18-36(26)2/h4,7-8,13-14,16-18,20,25H,3,5-6,9-12,15H2,1-2H3/t25-/m1/s1/i15D2. The number of aromatic nitrogens is 5. The molecule has 1 aliphatic carbocycles. The Kier molecular flexibility index (Phi) is 6.00. The van der Waals surface area contributed by atoms with Crippen molar-refractivity contribution in [3.63, 3.8) is 0 Å². The normalized spacial score (nSPS) is 20.2. The largest absolute Gasteiger partial charge is 0.418 e. The maximum absolute atomic E-state index is 14.4. The van der Waals surface area contributed by atoms with E-state index in [0.29, 0.717) is 11.6 Å². The number of likely N-dealkylation sites (tertiary alicyclic amines) is 1. The van der Waals surface area contributed by atoms with E-state index in [4.69, 9.17) is 2.74 Å². The van der Waals surface area contributed by atoms with Gasteiger partial charge < -0.3 is 4.57 Å². The van der Waals surface area contributed by atoms with Crippen LogP contribution in [-0.4, -0.2) is 47.4 Å². The lowest BCUT2D eigenvalue weighted by molar-refractivity contribution is -0.136. The third kappa shape index (κ3) is 4.95. The zero-order valence-electron chi connectivity index (χ0n) is 24.3. The zero-order chi connectivity index (χ0) is 30.0. The molecule has 4 aromatic rings. The van der Waals surface area contributed by atoms with E-state index in [1.165, 1.54) is 11.8 Å². The van der Waals surface area contributed by atoms with Crippen molar-refractivity contribution in [1.29, 1.82) is 0 Å². The molecule has 1 saturated heterocycles. The first kappa shape index (κ1) is 24.3. The Hall–Kier alpha value is -3.47. The van der Waals surface area contributed by atoms with Crippen molar-refractivity contribution in [2.45, 2.75) is 63.3 Å². The summed E-state index contributed by atoms with van der Waals surface area (Å²) in [7, 11) is 1.87. The van der Waals surface area contributed by atoms with Crippen molar-refractivity contribution in [2.24, 2.45) is 13.0 Å². The van der Waals surface area contributed by atoms with Gasteiger partial charge in [0, 0.05) is 47.7 Å². The van der Waals surface area contributed by atoms with E-state index in [1.807, 2.05) is 17.7 Å². The van der Waals surface area contributed by atoms with Crippen molar-refractivity contribution in [3.8, 4) is 5.69 Å². The van der Waals surface area contributed by atoms with Gasteiger partial charge >= 0.3 is 11.9 Å². The minimum Gasteiger partial charge on any atom is -0.320 e. The summed E-state index contributed by atoms with van der Waals surface area (Å²) in [6.45, 7) is -0.837. The van der Waals surface area contributed by atoms with Gasteiger partial charge in [0.25, 0.3) is 0 Å². The molecule has 0 N–H and O–H groups in total. The Morgan fingerprint density at radius 2 is 1.93 bits per heavy atom. The van der Waals surface area contributed by atoms with Crippen LogP contribution in [-0.2, 0) is 19.7 Å². The molecular weight excluding hydrogens is 524 g/mol. The van der Waals surface area contributed by atoms with Crippen molar-refractivity contribution in [3.05, 3.63) is 82.1 Å². The minimum atomic E-state index is -4.85. The van der Waals surface area contributed by atoms with Crippen LogP contribution < -0.4 is 5.69 Å². The molecule has 1 aliphatic heterocycles. The molecule has 6 rings (SSSR count). The first-order valence-electron chi connectivity index (χ1n) is 14.5. The van der Waals surface area contributed by atoms with Gasteiger partial charge in [-0.15, -0.1) is 10.2 Å². The molecule has 2 aliphatic rings. The summed E-state index contributed by atoms with van der Waals surface area (Å²) in [5, 5.41) is 8.35. The van der Waals surface area contributed by atoms with Crippen LogP contribution >= 0.6 is 0 Å². The summed E-state index contributed by atoms with van der Waals surface area (Å²) >= 11 is 0. The molecule has 212 valence electrons. The third-order valence-corrected chi connectivity index (χ3v) is 8.32. The molecule has 7 nitrogen and oxygen atoms in total. The first-order valence-corrected chi connectivity index (χ1v) is 13.5. The summed E-state index contributed by atoms with van der Waals surface area (Å²) in [5.74, 6) is 1.03. The molecule has 1 saturated carbocycles. The van der Waals surface area contributed by atoms with Gasteiger partial charge in [-0.3, -0.25) is 13.9 Å². The number of hydrogen-bond acceptors (Lipinski definition) is 4. The van der Waals surface area contributed by atoms with Crippen LogP contribution in [0.4, 0.5) is 17.6 Å². The number of pyridine rings is 1. The van der Waals surface area contributed by atoms with Crippen LogP contribution in [0.25, 0.3) is 11.2 Å². The number of halogens is 4. The summed E-state index contributed by atoms with van der Waals surface area (Å²) in [6.07, 6.45) is 2.31. The maximum Gasteiger partial charge on any atom is 0.418 e. The maximum atomic E-state index is 14.4. The molecule has 0 spiro atoms. The Bertz CT molecular complexity index is 1680. The molecule has 1 atom stereocenters. The quantitative estimate of drug-likeness (QED) is 0.294. The van der Waals surface area contributed by atoms with Crippen molar-refractivity contribution < 1.29 is 20.3 Å². The van der Waals surface area contributed by atoms with E-state index in [0.717, 1.165) is 58.1 Å². The summed E-state index contributed by atoms with van der Waals surface area (Å²) in [4.78, 5) is 15.0. The van der Waals surface area contributed by atoms with E-state index >= 15 is 0 Å². The fraction of sp³-hybridized carbons (Fsp3) is 0.483. The van der Waals surface area contributed by atoms with E-state index in [2.05, 4.69) is 10.2 Å². The highest BCUT2D eigenvalue weighted by atomic mass is 19.4. The number of nitrogens with zero attached hydrogens (tertiary/aromatic N) is 6. The minimum absolute atomic E-state index is 0.0375. The highest BCUT2D eigenvalue weighted by Gasteiger charge is 2.36. The summed E-state index contributed by atoms with van der Waals surface area (Å²) < 4.78 is 78.7. The van der Waals surface area contributed by atoms with Crippen LogP contribution in [0, 0.1) is 5.92 Å². The van der Waals surface area contributed by atoms with Crippen LogP contribution in [0.2, 0.25) is 0 Å². The second kappa shape index (κ2) is 9.87. The van der Waals surface area contributed by atoms with Gasteiger partial charge in [-0.25, -0.2) is 9.18 Å². The second-order valence-corrected chi connectivity index (χ2v) is 11.3. The molecule has 4 heterocycles. The van der Waals surface area contributed by atoms with Crippen molar-refractivity contribution >= 4 is 5.52 Å². The fourth-order valence-corrected chi connectivity index (χ4v) is 5.78. The summed E-state index contributed by atoms with van der Waals surface area (Å²) in [5.41, 5.74) is -2.74. The Labute approximate surface area is 231 Å². The SMILES string of the molecule is [2H]C([2H])(c1cc(C(F)(F)F)c2cn(-c3cccc([C@H](c4nncn4C)C4CCC4)c3)c(=O)n2c1)N1CCC(C)(F)CC1. The first-order chi connectivity index (χ1) is 19.8. The van der Waals surface area contributed by atoms with Crippen LogP contribution in [0.5, 0.6) is 0 Å². The molecule has 0 unspecified atom stereocenters. The number of benzene rings is 1. The van der Waals surface area contributed by atoms with E-state index < -0.39 is 29.6 Å². The lowest BCUT2D eigenvalue weighted by Gasteiger charge is -2.34. The molecule has 0 radical (unpaired) electrons. The number of piperidine rings is 1. The van der Waals surface area contributed by atoms with E-state index in [9.17, 15) is 22.4 Å². The van der Waals surface area contributed by atoms with Crippen LogP contribution in [0.1, 0.15) is 70.2 Å². The Morgan fingerprint density at radius 1 is 1.18 bits per heavy atom. The van der Waals surface area contributed by atoms with E-state index in [-0.39, 0.29) is 42.9 Å². The predicted octanol–water partition coefficient (Wildman–Crippen LogP) is 5.49. The number of aryl methyl sites for hydroxylation is 1. The Balaban J connectivity index is 1.45. The average molecular weight is 559 g/mol. The van der Waals surface area contributed by atoms with Gasteiger partial charge in [0.05, 0.1) is 16.8 Å². The number of rotatable bonds is 6. The van der Waals surface area contributed by atoms with Crippen LogP contribution in [0.3, 0.4) is 0 Å². The van der Waals surface area contributed by atoms with Gasteiger partial charge in [0.1, 0.15) is 17.8 Å². The molecule has 11 heteroatoms.